The van der Waals surface area contributed by atoms with Crippen LogP contribution in [0.5, 0.6) is 0 Å². The zero-order valence-corrected chi connectivity index (χ0v) is 13.0. The van der Waals surface area contributed by atoms with Crippen LogP contribution in [0.4, 0.5) is 0 Å². The molecule has 0 aliphatic carbocycles. The third-order valence-corrected chi connectivity index (χ3v) is 4.81. The van der Waals surface area contributed by atoms with Gasteiger partial charge in [-0.3, -0.25) is 4.90 Å². The van der Waals surface area contributed by atoms with Gasteiger partial charge in [-0.1, -0.05) is 0 Å². The Balaban J connectivity index is 1.68. The molecule has 2 saturated heterocycles. The van der Waals surface area contributed by atoms with E-state index in [1.165, 1.54) is 58.7 Å². The summed E-state index contributed by atoms with van der Waals surface area (Å²) in [6.07, 6.45) is 2.67. The molecule has 0 atom stereocenters. The van der Waals surface area contributed by atoms with Crippen molar-refractivity contribution in [3.05, 3.63) is 0 Å². The summed E-state index contributed by atoms with van der Waals surface area (Å²) < 4.78 is 0. The van der Waals surface area contributed by atoms with Crippen LogP contribution in [0.25, 0.3) is 0 Å². The smallest absolute Gasteiger partial charge is 0.0278 e. The van der Waals surface area contributed by atoms with Gasteiger partial charge in [0.1, 0.15) is 0 Å². The summed E-state index contributed by atoms with van der Waals surface area (Å²) in [6, 6.07) is 0. The molecule has 0 aromatic heterocycles. The van der Waals surface area contributed by atoms with Crippen LogP contribution in [0.15, 0.2) is 0 Å². The van der Waals surface area contributed by atoms with Crippen LogP contribution >= 0.6 is 0 Å². The lowest BCUT2D eigenvalue weighted by atomic mass is 9.97. The Bertz CT molecular complexity index is 253. The average molecular weight is 268 g/mol. The molecule has 2 aliphatic rings. The van der Waals surface area contributed by atoms with Gasteiger partial charge in [-0.25, -0.2) is 0 Å². The molecule has 0 aromatic rings. The van der Waals surface area contributed by atoms with Crippen LogP contribution in [0.1, 0.15) is 26.7 Å². The zero-order chi connectivity index (χ0) is 13.7. The van der Waals surface area contributed by atoms with E-state index in [9.17, 15) is 0 Å². The van der Waals surface area contributed by atoms with Crippen LogP contribution in [0.3, 0.4) is 0 Å². The maximum absolute atomic E-state index is 3.72. The van der Waals surface area contributed by atoms with Crippen LogP contribution in [-0.2, 0) is 0 Å². The Morgan fingerprint density at radius 1 is 1.11 bits per heavy atom. The molecule has 0 unspecified atom stereocenters. The molecule has 4 nitrogen and oxygen atoms in total. The Hall–Kier alpha value is -0.160. The number of nitrogens with one attached hydrogen (secondary N) is 2. The zero-order valence-electron chi connectivity index (χ0n) is 13.0. The molecule has 19 heavy (non-hydrogen) atoms. The summed E-state index contributed by atoms with van der Waals surface area (Å²) in [5.41, 5.74) is 0.286. The molecule has 0 saturated carbocycles. The maximum atomic E-state index is 3.72. The van der Waals surface area contributed by atoms with Gasteiger partial charge in [-0.05, 0) is 59.3 Å². The van der Waals surface area contributed by atoms with Crippen LogP contribution in [0, 0.1) is 5.92 Å². The van der Waals surface area contributed by atoms with Crippen molar-refractivity contribution < 1.29 is 0 Å². The highest BCUT2D eigenvalue weighted by atomic mass is 15.3. The summed E-state index contributed by atoms with van der Waals surface area (Å²) in [5.74, 6) is 0.879. The predicted octanol–water partition coefficient (Wildman–Crippen LogP) is 0.602. The number of piperazine rings is 1. The minimum atomic E-state index is 0.286. The summed E-state index contributed by atoms with van der Waals surface area (Å²) in [7, 11) is 2.22. The highest BCUT2D eigenvalue weighted by Gasteiger charge is 2.28. The Kier molecular flexibility index (Phi) is 5.63. The largest absolute Gasteiger partial charge is 0.317 e. The molecule has 2 fully saturated rings. The second-order valence-electron chi connectivity index (χ2n) is 6.93. The van der Waals surface area contributed by atoms with E-state index in [-0.39, 0.29) is 5.54 Å². The number of rotatable bonds is 5. The molecule has 4 heteroatoms. The first-order chi connectivity index (χ1) is 9.08. The van der Waals surface area contributed by atoms with Gasteiger partial charge in [0.2, 0.25) is 0 Å². The van der Waals surface area contributed by atoms with Gasteiger partial charge in [0, 0.05) is 38.3 Å². The van der Waals surface area contributed by atoms with E-state index in [0.29, 0.717) is 0 Å². The standard InChI is InChI=1S/C15H32N4/c1-15(2,19-10-8-18(3)9-11-19)13-17-12-14-4-6-16-7-5-14/h14,16-17H,4-13H2,1-3H3. The molecule has 2 rings (SSSR count). The van der Waals surface area contributed by atoms with Crippen molar-refractivity contribution in [2.75, 3.05) is 59.4 Å². The van der Waals surface area contributed by atoms with Gasteiger partial charge in [-0.15, -0.1) is 0 Å². The lowest BCUT2D eigenvalue weighted by Crippen LogP contribution is -2.57. The van der Waals surface area contributed by atoms with Crippen LogP contribution in [0.2, 0.25) is 0 Å². The van der Waals surface area contributed by atoms with Crippen molar-refractivity contribution in [2.24, 2.45) is 5.92 Å². The van der Waals surface area contributed by atoms with Gasteiger partial charge >= 0.3 is 0 Å². The van der Waals surface area contributed by atoms with Crippen molar-refractivity contribution in [2.45, 2.75) is 32.2 Å². The van der Waals surface area contributed by atoms with E-state index < -0.39 is 0 Å². The Morgan fingerprint density at radius 3 is 2.37 bits per heavy atom. The first-order valence-electron chi connectivity index (χ1n) is 7.93. The summed E-state index contributed by atoms with van der Waals surface area (Å²) in [4.78, 5) is 5.07. The van der Waals surface area contributed by atoms with Crippen molar-refractivity contribution in [1.29, 1.82) is 0 Å². The third-order valence-electron chi connectivity index (χ3n) is 4.81. The first-order valence-corrected chi connectivity index (χ1v) is 7.93. The predicted molar refractivity (Wildman–Crippen MR) is 81.6 cm³/mol. The average Bonchev–Trinajstić information content (AvgIpc) is 2.40. The highest BCUT2D eigenvalue weighted by molar-refractivity contribution is 4.87. The summed E-state index contributed by atoms with van der Waals surface area (Å²) in [6.45, 7) is 14.3. The fourth-order valence-corrected chi connectivity index (χ4v) is 3.19. The number of nitrogens with zero attached hydrogens (tertiary/aromatic N) is 2. The number of hydrogen-bond donors (Lipinski definition) is 2. The lowest BCUT2D eigenvalue weighted by molar-refractivity contribution is 0.0611. The molecule has 2 N–H and O–H groups in total. The molecule has 112 valence electrons. The number of piperidine rings is 1. The second-order valence-corrected chi connectivity index (χ2v) is 6.93. The van der Waals surface area contributed by atoms with E-state index in [0.717, 1.165) is 12.5 Å². The molecule has 0 amide bonds. The quantitative estimate of drug-likeness (QED) is 0.764. The summed E-state index contributed by atoms with van der Waals surface area (Å²) >= 11 is 0. The Morgan fingerprint density at radius 2 is 1.74 bits per heavy atom. The molecular formula is C15H32N4. The van der Waals surface area contributed by atoms with E-state index in [1.807, 2.05) is 0 Å². The normalized spacial score (nSPS) is 24.8. The van der Waals surface area contributed by atoms with E-state index in [2.05, 4.69) is 41.3 Å². The molecule has 0 aromatic carbocycles. The maximum Gasteiger partial charge on any atom is 0.0278 e. The SMILES string of the molecule is CN1CCN(C(C)(C)CNCC2CCNCC2)CC1. The molecule has 0 spiro atoms. The molecule has 2 heterocycles. The van der Waals surface area contributed by atoms with Crippen molar-refractivity contribution in [3.63, 3.8) is 0 Å². The van der Waals surface area contributed by atoms with Gasteiger partial charge < -0.3 is 15.5 Å². The second kappa shape index (κ2) is 7.02. The van der Waals surface area contributed by atoms with E-state index in [4.69, 9.17) is 0 Å². The lowest BCUT2D eigenvalue weighted by Gasteiger charge is -2.43. The first kappa shape index (κ1) is 15.2. The monoisotopic (exact) mass is 268 g/mol. The molecule has 2 aliphatic heterocycles. The van der Waals surface area contributed by atoms with Crippen molar-refractivity contribution in [1.82, 2.24) is 20.4 Å². The summed E-state index contributed by atoms with van der Waals surface area (Å²) in [5, 5.41) is 7.16. The Labute approximate surface area is 118 Å². The van der Waals surface area contributed by atoms with E-state index >= 15 is 0 Å². The number of hydrogen-bond acceptors (Lipinski definition) is 4. The van der Waals surface area contributed by atoms with Crippen molar-refractivity contribution in [3.8, 4) is 0 Å². The fraction of sp³-hybridized carbons (Fsp3) is 1.00. The van der Waals surface area contributed by atoms with Gasteiger partial charge in [0.05, 0.1) is 0 Å². The van der Waals surface area contributed by atoms with Gasteiger partial charge in [0.15, 0.2) is 0 Å². The van der Waals surface area contributed by atoms with E-state index in [1.54, 1.807) is 0 Å². The minimum absolute atomic E-state index is 0.286. The van der Waals surface area contributed by atoms with Crippen LogP contribution in [-0.4, -0.2) is 74.7 Å². The number of likely N-dealkylation sites (N-methyl/N-ethyl adjacent to an activating group) is 1. The molecule has 0 radical (unpaired) electrons. The van der Waals surface area contributed by atoms with Crippen LogP contribution < -0.4 is 10.6 Å². The van der Waals surface area contributed by atoms with Gasteiger partial charge in [0.25, 0.3) is 0 Å². The van der Waals surface area contributed by atoms with Crippen molar-refractivity contribution >= 4 is 0 Å². The third kappa shape index (κ3) is 4.71. The molecular weight excluding hydrogens is 236 g/mol. The minimum Gasteiger partial charge on any atom is -0.317 e. The topological polar surface area (TPSA) is 30.5 Å². The highest BCUT2D eigenvalue weighted by Crippen LogP contribution is 2.16. The fourth-order valence-electron chi connectivity index (χ4n) is 3.19. The molecule has 0 bridgehead atoms. The van der Waals surface area contributed by atoms with Gasteiger partial charge in [-0.2, -0.15) is 0 Å².